The number of anilines is 1. The summed E-state index contributed by atoms with van der Waals surface area (Å²) in [7, 11) is 0. The first-order valence-electron chi connectivity index (χ1n) is 10.2. The number of carbonyl (C=O) groups excluding carboxylic acids is 1. The smallest absolute Gasteiger partial charge is 0.295 e. The Kier molecular flexibility index (Phi) is 4.90. The Labute approximate surface area is 196 Å². The van der Waals surface area contributed by atoms with E-state index in [4.69, 9.17) is 4.42 Å². The van der Waals surface area contributed by atoms with Crippen LogP contribution in [0.5, 0.6) is 0 Å². The van der Waals surface area contributed by atoms with Gasteiger partial charge in [0.15, 0.2) is 5.43 Å². The highest BCUT2D eigenvalue weighted by Crippen LogP contribution is 2.42. The maximum Gasteiger partial charge on any atom is 0.295 e. The molecule has 33 heavy (non-hydrogen) atoms. The molecule has 0 N–H and O–H groups in total. The molecule has 0 bridgehead atoms. The van der Waals surface area contributed by atoms with Crippen LogP contribution in [0.15, 0.2) is 74.3 Å². The molecule has 0 spiro atoms. The largest absolute Gasteiger partial charge is 0.450 e. The first-order valence-corrected chi connectivity index (χ1v) is 11.0. The molecule has 1 amide bonds. The summed E-state index contributed by atoms with van der Waals surface area (Å²) in [6, 6.07) is 15.8. The number of fused-ring (bicyclic) bond motifs is 2. The van der Waals surface area contributed by atoms with E-state index in [9.17, 15) is 19.7 Å². The molecule has 1 aromatic heterocycles. The molecule has 0 saturated heterocycles. The van der Waals surface area contributed by atoms with Gasteiger partial charge in [0, 0.05) is 22.3 Å². The van der Waals surface area contributed by atoms with Gasteiger partial charge in [-0.05, 0) is 79.1 Å². The molecule has 0 fully saturated rings. The van der Waals surface area contributed by atoms with Crippen LogP contribution in [-0.2, 0) is 0 Å². The molecule has 2 heterocycles. The quantitative estimate of drug-likeness (QED) is 0.258. The molecule has 164 valence electrons. The van der Waals surface area contributed by atoms with Gasteiger partial charge in [-0.15, -0.1) is 0 Å². The van der Waals surface area contributed by atoms with E-state index in [1.165, 1.54) is 17.0 Å². The molecule has 1 atom stereocenters. The van der Waals surface area contributed by atoms with Gasteiger partial charge >= 0.3 is 0 Å². The lowest BCUT2D eigenvalue weighted by molar-refractivity contribution is -0.384. The SMILES string of the molecule is Cc1cc2oc3c(c(=O)c2cc1C)C(c1ccc([N+](=O)[O-])cc1)N(c1ccc(Br)cc1)C3=O. The molecule has 7 nitrogen and oxygen atoms in total. The second kappa shape index (κ2) is 7.67. The summed E-state index contributed by atoms with van der Waals surface area (Å²) >= 11 is 3.40. The highest BCUT2D eigenvalue weighted by atomic mass is 79.9. The van der Waals surface area contributed by atoms with E-state index in [0.29, 0.717) is 22.2 Å². The molecule has 4 aromatic rings. The van der Waals surface area contributed by atoms with Crippen molar-refractivity contribution in [2.24, 2.45) is 0 Å². The summed E-state index contributed by atoms with van der Waals surface area (Å²) in [6.07, 6.45) is 0. The summed E-state index contributed by atoms with van der Waals surface area (Å²) < 4.78 is 6.85. The van der Waals surface area contributed by atoms with Crippen molar-refractivity contribution in [2.75, 3.05) is 4.90 Å². The van der Waals surface area contributed by atoms with E-state index in [-0.39, 0.29) is 22.4 Å². The third kappa shape index (κ3) is 3.34. The number of non-ortho nitro benzene ring substituents is 1. The molecule has 1 aliphatic rings. The van der Waals surface area contributed by atoms with Gasteiger partial charge in [-0.3, -0.25) is 24.6 Å². The minimum absolute atomic E-state index is 0.0120. The maximum atomic E-state index is 13.7. The molecule has 1 aliphatic heterocycles. The van der Waals surface area contributed by atoms with Crippen molar-refractivity contribution >= 4 is 44.2 Å². The van der Waals surface area contributed by atoms with Gasteiger partial charge in [-0.2, -0.15) is 0 Å². The molecule has 0 radical (unpaired) electrons. The number of nitro benzene ring substituents is 1. The molecule has 8 heteroatoms. The summed E-state index contributed by atoms with van der Waals surface area (Å²) in [5, 5.41) is 11.5. The predicted octanol–water partition coefficient (Wildman–Crippen LogP) is 5.83. The Bertz CT molecular complexity index is 1510. The van der Waals surface area contributed by atoms with E-state index in [0.717, 1.165) is 15.6 Å². The number of rotatable bonds is 3. The lowest BCUT2D eigenvalue weighted by atomic mass is 9.97. The van der Waals surface area contributed by atoms with Gasteiger partial charge in [0.1, 0.15) is 5.58 Å². The molecule has 0 saturated carbocycles. The number of halogens is 1. The minimum atomic E-state index is -0.781. The highest BCUT2D eigenvalue weighted by Gasteiger charge is 2.43. The summed E-state index contributed by atoms with van der Waals surface area (Å²) in [5.41, 5.74) is 3.27. The molecule has 5 rings (SSSR count). The van der Waals surface area contributed by atoms with Gasteiger partial charge in [0.2, 0.25) is 5.76 Å². The van der Waals surface area contributed by atoms with Crippen molar-refractivity contribution < 1.29 is 14.1 Å². The lowest BCUT2D eigenvalue weighted by Gasteiger charge is -2.25. The number of amides is 1. The fraction of sp³-hybridized carbons (Fsp3) is 0.120. The van der Waals surface area contributed by atoms with Gasteiger partial charge in [0.05, 0.1) is 21.9 Å². The van der Waals surface area contributed by atoms with Crippen LogP contribution < -0.4 is 10.3 Å². The van der Waals surface area contributed by atoms with E-state index in [1.54, 1.807) is 48.5 Å². The zero-order chi connectivity index (χ0) is 23.4. The van der Waals surface area contributed by atoms with Crippen molar-refractivity contribution in [3.63, 3.8) is 0 Å². The van der Waals surface area contributed by atoms with Crippen LogP contribution in [0.3, 0.4) is 0 Å². The van der Waals surface area contributed by atoms with E-state index in [2.05, 4.69) is 15.9 Å². The lowest BCUT2D eigenvalue weighted by Crippen LogP contribution is -2.29. The first kappa shape index (κ1) is 21.1. The standard InChI is InChI=1S/C25H17BrN2O5/c1-13-11-19-20(12-14(13)2)33-24-21(23(19)29)22(15-3-7-18(8-4-15)28(31)32)27(25(24)30)17-9-5-16(26)6-10-17/h3-12,22H,1-2H3. The van der Waals surface area contributed by atoms with Crippen LogP contribution in [-0.4, -0.2) is 10.8 Å². The molecule has 1 unspecified atom stereocenters. The van der Waals surface area contributed by atoms with Crippen LogP contribution in [0.1, 0.15) is 38.9 Å². The average molecular weight is 505 g/mol. The van der Waals surface area contributed by atoms with Crippen LogP contribution in [0.2, 0.25) is 0 Å². The van der Waals surface area contributed by atoms with Gasteiger partial charge in [-0.25, -0.2) is 0 Å². The Hall–Kier alpha value is -3.78. The van der Waals surface area contributed by atoms with Gasteiger partial charge in [-0.1, -0.05) is 15.9 Å². The number of nitrogens with zero attached hydrogens (tertiary/aromatic N) is 2. The van der Waals surface area contributed by atoms with Crippen molar-refractivity contribution in [2.45, 2.75) is 19.9 Å². The molecular formula is C25H17BrN2O5. The first-order chi connectivity index (χ1) is 15.8. The van der Waals surface area contributed by atoms with E-state index >= 15 is 0 Å². The van der Waals surface area contributed by atoms with Gasteiger partial charge in [0.25, 0.3) is 11.6 Å². The number of aryl methyl sites for hydroxylation is 2. The summed E-state index contributed by atoms with van der Waals surface area (Å²) in [4.78, 5) is 39.4. The van der Waals surface area contributed by atoms with Crippen LogP contribution in [0.25, 0.3) is 11.0 Å². The Balaban J connectivity index is 1.79. The third-order valence-corrected chi connectivity index (χ3v) is 6.54. The zero-order valence-electron chi connectivity index (χ0n) is 17.7. The average Bonchev–Trinajstić information content (AvgIpc) is 3.08. The van der Waals surface area contributed by atoms with Crippen molar-refractivity contribution in [1.82, 2.24) is 0 Å². The zero-order valence-corrected chi connectivity index (χ0v) is 19.3. The Morgan fingerprint density at radius 1 is 0.970 bits per heavy atom. The number of hydrogen-bond donors (Lipinski definition) is 0. The summed E-state index contributed by atoms with van der Waals surface area (Å²) in [5.74, 6) is -0.449. The minimum Gasteiger partial charge on any atom is -0.450 e. The second-order valence-electron chi connectivity index (χ2n) is 8.01. The highest BCUT2D eigenvalue weighted by molar-refractivity contribution is 9.10. The molecular weight excluding hydrogens is 488 g/mol. The van der Waals surface area contributed by atoms with E-state index in [1.807, 2.05) is 13.8 Å². The monoisotopic (exact) mass is 504 g/mol. The fourth-order valence-electron chi connectivity index (χ4n) is 4.19. The Morgan fingerprint density at radius 3 is 2.24 bits per heavy atom. The van der Waals surface area contributed by atoms with Gasteiger partial charge < -0.3 is 4.42 Å². The normalized spacial score (nSPS) is 15.2. The second-order valence-corrected chi connectivity index (χ2v) is 8.93. The number of carbonyl (C=O) groups is 1. The van der Waals surface area contributed by atoms with E-state index < -0.39 is 16.9 Å². The number of nitro groups is 1. The third-order valence-electron chi connectivity index (χ3n) is 6.01. The maximum absolute atomic E-state index is 13.7. The van der Waals surface area contributed by atoms with Crippen LogP contribution in [0, 0.1) is 24.0 Å². The summed E-state index contributed by atoms with van der Waals surface area (Å²) in [6.45, 7) is 3.83. The number of hydrogen-bond acceptors (Lipinski definition) is 5. The number of benzene rings is 3. The van der Waals surface area contributed by atoms with Crippen molar-refractivity contribution in [3.05, 3.63) is 113 Å². The van der Waals surface area contributed by atoms with Crippen molar-refractivity contribution in [1.29, 1.82) is 0 Å². The fourth-order valence-corrected chi connectivity index (χ4v) is 4.45. The van der Waals surface area contributed by atoms with Crippen LogP contribution in [0.4, 0.5) is 11.4 Å². The van der Waals surface area contributed by atoms with Crippen LogP contribution >= 0.6 is 15.9 Å². The topological polar surface area (TPSA) is 93.7 Å². The molecule has 3 aromatic carbocycles. The predicted molar refractivity (Wildman–Crippen MR) is 128 cm³/mol. The van der Waals surface area contributed by atoms with Crippen molar-refractivity contribution in [3.8, 4) is 0 Å². The molecule has 0 aliphatic carbocycles. The Morgan fingerprint density at radius 2 is 1.61 bits per heavy atom.